The highest BCUT2D eigenvalue weighted by Gasteiger charge is 2.22. The minimum atomic E-state index is -0.189. The van der Waals surface area contributed by atoms with Gasteiger partial charge in [-0.15, -0.1) is 0 Å². The van der Waals surface area contributed by atoms with E-state index in [1.807, 2.05) is 32.9 Å². The molecular formula is C13H21NO. The van der Waals surface area contributed by atoms with Gasteiger partial charge in [-0.2, -0.15) is 0 Å². The van der Waals surface area contributed by atoms with Crippen molar-refractivity contribution in [2.45, 2.75) is 38.6 Å². The Morgan fingerprint density at radius 1 is 1.33 bits per heavy atom. The first-order valence-corrected chi connectivity index (χ1v) is 5.42. The van der Waals surface area contributed by atoms with Gasteiger partial charge in [0.25, 0.3) is 0 Å². The lowest BCUT2D eigenvalue weighted by Crippen LogP contribution is -2.26. The van der Waals surface area contributed by atoms with Crippen molar-refractivity contribution >= 4 is 0 Å². The molecular weight excluding hydrogens is 186 g/mol. The van der Waals surface area contributed by atoms with Crippen molar-refractivity contribution in [3.63, 3.8) is 0 Å². The van der Waals surface area contributed by atoms with Crippen LogP contribution in [0.4, 0.5) is 0 Å². The topological polar surface area (TPSA) is 46.2 Å². The summed E-state index contributed by atoms with van der Waals surface area (Å²) in [4.78, 5) is 0. The Bertz CT molecular complexity index is 318. The van der Waals surface area contributed by atoms with Crippen molar-refractivity contribution in [3.05, 3.63) is 35.4 Å². The van der Waals surface area contributed by atoms with Gasteiger partial charge in [0.2, 0.25) is 0 Å². The summed E-state index contributed by atoms with van der Waals surface area (Å²) in [7, 11) is 0. The average molecular weight is 207 g/mol. The zero-order chi connectivity index (χ0) is 11.5. The summed E-state index contributed by atoms with van der Waals surface area (Å²) in [5.74, 6) is 0. The molecule has 2 heteroatoms. The largest absolute Gasteiger partial charge is 0.395 e. The van der Waals surface area contributed by atoms with E-state index in [4.69, 9.17) is 5.73 Å². The van der Waals surface area contributed by atoms with Crippen molar-refractivity contribution in [2.24, 2.45) is 5.73 Å². The van der Waals surface area contributed by atoms with E-state index in [0.29, 0.717) is 0 Å². The van der Waals surface area contributed by atoms with Crippen molar-refractivity contribution < 1.29 is 5.11 Å². The van der Waals surface area contributed by atoms with E-state index >= 15 is 0 Å². The Labute approximate surface area is 92.1 Å². The Morgan fingerprint density at radius 3 is 2.47 bits per heavy atom. The molecule has 0 saturated carbocycles. The molecule has 0 amide bonds. The molecule has 0 fully saturated rings. The molecule has 0 saturated heterocycles. The molecule has 1 aromatic carbocycles. The van der Waals surface area contributed by atoms with Gasteiger partial charge in [-0.25, -0.2) is 0 Å². The van der Waals surface area contributed by atoms with Crippen LogP contribution in [0.15, 0.2) is 24.3 Å². The van der Waals surface area contributed by atoms with Gasteiger partial charge in [-0.1, -0.05) is 38.1 Å². The molecule has 3 N–H and O–H groups in total. The van der Waals surface area contributed by atoms with Gasteiger partial charge in [0.1, 0.15) is 0 Å². The maximum absolute atomic E-state index is 9.37. The van der Waals surface area contributed by atoms with Gasteiger partial charge >= 0.3 is 0 Å². The Hall–Kier alpha value is -0.860. The number of rotatable bonds is 4. The van der Waals surface area contributed by atoms with Gasteiger partial charge in [-0.3, -0.25) is 0 Å². The maximum atomic E-state index is 9.37. The molecule has 0 bridgehead atoms. The van der Waals surface area contributed by atoms with Gasteiger partial charge < -0.3 is 10.8 Å². The lowest BCUT2D eigenvalue weighted by Gasteiger charge is -2.26. The van der Waals surface area contributed by atoms with E-state index in [-0.39, 0.29) is 18.1 Å². The van der Waals surface area contributed by atoms with Gasteiger partial charge in [-0.05, 0) is 24.5 Å². The standard InChI is InChI=1S/C13H21NO/c1-10(14)8-11-6-4-5-7-12(11)13(2,3)9-15/h4-7,10,15H,8-9,14H2,1-3H3. The first-order valence-electron chi connectivity index (χ1n) is 5.42. The first kappa shape index (κ1) is 12.2. The highest BCUT2D eigenvalue weighted by Crippen LogP contribution is 2.26. The molecule has 0 heterocycles. The maximum Gasteiger partial charge on any atom is 0.0522 e. The van der Waals surface area contributed by atoms with Gasteiger partial charge in [0.05, 0.1) is 6.61 Å². The smallest absolute Gasteiger partial charge is 0.0522 e. The highest BCUT2D eigenvalue weighted by atomic mass is 16.3. The van der Waals surface area contributed by atoms with Crippen LogP contribution in [-0.4, -0.2) is 17.8 Å². The summed E-state index contributed by atoms with van der Waals surface area (Å²) in [5, 5.41) is 9.37. The molecule has 0 aliphatic rings. The van der Waals surface area contributed by atoms with Crippen molar-refractivity contribution in [2.75, 3.05) is 6.61 Å². The van der Waals surface area contributed by atoms with E-state index in [2.05, 4.69) is 12.1 Å². The fourth-order valence-electron chi connectivity index (χ4n) is 1.79. The molecule has 1 rings (SSSR count). The van der Waals surface area contributed by atoms with Crippen LogP contribution in [0.2, 0.25) is 0 Å². The summed E-state index contributed by atoms with van der Waals surface area (Å²) >= 11 is 0. The molecule has 2 nitrogen and oxygen atoms in total. The van der Waals surface area contributed by atoms with Crippen molar-refractivity contribution in [1.29, 1.82) is 0 Å². The Balaban J connectivity index is 3.06. The first-order chi connectivity index (χ1) is 6.97. The number of nitrogens with two attached hydrogens (primary N) is 1. The molecule has 1 aromatic rings. The Morgan fingerprint density at radius 2 is 1.93 bits per heavy atom. The van der Waals surface area contributed by atoms with Gasteiger partial charge in [0.15, 0.2) is 0 Å². The molecule has 0 spiro atoms. The Kier molecular flexibility index (Phi) is 3.89. The van der Waals surface area contributed by atoms with E-state index < -0.39 is 0 Å². The third-order valence-electron chi connectivity index (χ3n) is 2.68. The van der Waals surface area contributed by atoms with Crippen LogP contribution in [0, 0.1) is 0 Å². The minimum absolute atomic E-state index is 0.153. The van der Waals surface area contributed by atoms with Crippen LogP contribution in [0.3, 0.4) is 0 Å². The number of hydrogen-bond donors (Lipinski definition) is 2. The third kappa shape index (κ3) is 3.05. The van der Waals surface area contributed by atoms with E-state index in [9.17, 15) is 5.11 Å². The summed E-state index contributed by atoms with van der Waals surface area (Å²) in [6.45, 7) is 6.26. The molecule has 15 heavy (non-hydrogen) atoms. The molecule has 1 unspecified atom stereocenters. The molecule has 84 valence electrons. The second-order valence-electron chi connectivity index (χ2n) is 4.88. The van der Waals surface area contributed by atoms with Crippen LogP contribution in [0.5, 0.6) is 0 Å². The molecule has 0 radical (unpaired) electrons. The zero-order valence-electron chi connectivity index (χ0n) is 9.83. The van der Waals surface area contributed by atoms with Gasteiger partial charge in [0, 0.05) is 11.5 Å². The van der Waals surface area contributed by atoms with E-state index in [0.717, 1.165) is 6.42 Å². The summed E-state index contributed by atoms with van der Waals surface area (Å²) in [6, 6.07) is 8.36. The number of benzene rings is 1. The highest BCUT2D eigenvalue weighted by molar-refractivity contribution is 5.34. The SMILES string of the molecule is CC(N)Cc1ccccc1C(C)(C)CO. The number of aliphatic hydroxyl groups is 1. The monoisotopic (exact) mass is 207 g/mol. The van der Waals surface area contributed by atoms with Crippen LogP contribution in [0.1, 0.15) is 31.9 Å². The van der Waals surface area contributed by atoms with Crippen molar-refractivity contribution in [3.8, 4) is 0 Å². The summed E-state index contributed by atoms with van der Waals surface area (Å²) in [6.07, 6.45) is 0.861. The second-order valence-corrected chi connectivity index (χ2v) is 4.88. The predicted molar refractivity (Wildman–Crippen MR) is 63.9 cm³/mol. The van der Waals surface area contributed by atoms with Crippen LogP contribution < -0.4 is 5.73 Å². The quantitative estimate of drug-likeness (QED) is 0.791. The van der Waals surface area contributed by atoms with Crippen LogP contribution in [-0.2, 0) is 11.8 Å². The molecule has 0 aliphatic carbocycles. The fourth-order valence-corrected chi connectivity index (χ4v) is 1.79. The van der Waals surface area contributed by atoms with Crippen LogP contribution >= 0.6 is 0 Å². The summed E-state index contributed by atoms with van der Waals surface area (Å²) in [5.41, 5.74) is 8.07. The lowest BCUT2D eigenvalue weighted by molar-refractivity contribution is 0.217. The zero-order valence-corrected chi connectivity index (χ0v) is 9.83. The average Bonchev–Trinajstić information content (AvgIpc) is 2.17. The normalized spacial score (nSPS) is 13.9. The number of aliphatic hydroxyl groups excluding tert-OH is 1. The lowest BCUT2D eigenvalue weighted by atomic mass is 9.81. The predicted octanol–water partition coefficient (Wildman–Crippen LogP) is 1.85. The molecule has 0 aromatic heterocycles. The van der Waals surface area contributed by atoms with Crippen molar-refractivity contribution in [1.82, 2.24) is 0 Å². The van der Waals surface area contributed by atoms with E-state index in [1.165, 1.54) is 11.1 Å². The molecule has 0 aliphatic heterocycles. The second kappa shape index (κ2) is 4.77. The number of hydrogen-bond acceptors (Lipinski definition) is 2. The van der Waals surface area contributed by atoms with E-state index in [1.54, 1.807) is 0 Å². The fraction of sp³-hybridized carbons (Fsp3) is 0.538. The third-order valence-corrected chi connectivity index (χ3v) is 2.68. The minimum Gasteiger partial charge on any atom is -0.395 e. The molecule has 1 atom stereocenters. The summed E-state index contributed by atoms with van der Waals surface area (Å²) < 4.78 is 0. The van der Waals surface area contributed by atoms with Crippen LogP contribution in [0.25, 0.3) is 0 Å².